The summed E-state index contributed by atoms with van der Waals surface area (Å²) < 4.78 is 0. The van der Waals surface area contributed by atoms with Gasteiger partial charge in [-0.2, -0.15) is 0 Å². The Morgan fingerprint density at radius 3 is 2.50 bits per heavy atom. The number of nitrogens with one attached hydrogen (secondary N) is 1. The van der Waals surface area contributed by atoms with Gasteiger partial charge in [-0.1, -0.05) is 30.4 Å². The van der Waals surface area contributed by atoms with Crippen LogP contribution in [-0.2, 0) is 4.79 Å². The standard InChI is InChI=1S/C20H18N2O4/c23-14-6-3-12(4-7-14)1-2-13-5-8-17-16(9-13)20(26)22-11-15(24)10-18(22)19(25)21-17/h1-9,15,18,23-24H,10-11H2,(H,21,25)/t15-,18+/m1/s1. The van der Waals surface area contributed by atoms with Crippen molar-refractivity contribution in [1.82, 2.24) is 4.90 Å². The fraction of sp³-hybridized carbons (Fsp3) is 0.200. The number of fused-ring (bicyclic) bond motifs is 2. The Bertz CT molecular complexity index is 905. The van der Waals surface area contributed by atoms with Gasteiger partial charge in [-0.15, -0.1) is 0 Å². The second kappa shape index (κ2) is 6.31. The van der Waals surface area contributed by atoms with Crippen molar-refractivity contribution in [3.63, 3.8) is 0 Å². The minimum Gasteiger partial charge on any atom is -0.508 e. The average molecular weight is 350 g/mol. The fourth-order valence-electron chi connectivity index (χ4n) is 3.39. The summed E-state index contributed by atoms with van der Waals surface area (Å²) >= 11 is 0. The van der Waals surface area contributed by atoms with Crippen molar-refractivity contribution in [3.8, 4) is 5.75 Å². The van der Waals surface area contributed by atoms with Crippen LogP contribution in [0.4, 0.5) is 5.69 Å². The lowest BCUT2D eigenvalue weighted by atomic mass is 10.1. The van der Waals surface area contributed by atoms with Crippen LogP contribution in [0.3, 0.4) is 0 Å². The van der Waals surface area contributed by atoms with E-state index in [4.69, 9.17) is 0 Å². The zero-order valence-electron chi connectivity index (χ0n) is 13.9. The van der Waals surface area contributed by atoms with Crippen LogP contribution in [0.15, 0.2) is 42.5 Å². The number of carbonyl (C=O) groups is 2. The van der Waals surface area contributed by atoms with Crippen LogP contribution < -0.4 is 5.32 Å². The molecule has 6 heteroatoms. The number of carbonyl (C=O) groups excluding carboxylic acids is 2. The molecule has 4 rings (SSSR count). The number of aromatic hydroxyl groups is 1. The summed E-state index contributed by atoms with van der Waals surface area (Å²) in [5.41, 5.74) is 2.64. The summed E-state index contributed by atoms with van der Waals surface area (Å²) in [5.74, 6) is -0.309. The third-order valence-corrected chi connectivity index (χ3v) is 4.74. The number of hydrogen-bond donors (Lipinski definition) is 3. The lowest BCUT2D eigenvalue weighted by molar-refractivity contribution is -0.119. The zero-order valence-corrected chi connectivity index (χ0v) is 13.9. The first kappa shape index (κ1) is 16.4. The summed E-state index contributed by atoms with van der Waals surface area (Å²) in [6, 6.07) is 11.5. The van der Waals surface area contributed by atoms with Crippen LogP contribution in [0.25, 0.3) is 12.2 Å². The lowest BCUT2D eigenvalue weighted by Crippen LogP contribution is -2.40. The Labute approximate surface area is 150 Å². The van der Waals surface area contributed by atoms with Crippen molar-refractivity contribution < 1.29 is 19.8 Å². The molecule has 1 fully saturated rings. The minimum absolute atomic E-state index is 0.171. The number of hydrogen-bond acceptors (Lipinski definition) is 4. The van der Waals surface area contributed by atoms with Gasteiger partial charge in [-0.3, -0.25) is 9.59 Å². The maximum atomic E-state index is 12.8. The molecule has 2 atom stereocenters. The van der Waals surface area contributed by atoms with Gasteiger partial charge in [0.25, 0.3) is 5.91 Å². The van der Waals surface area contributed by atoms with Crippen molar-refractivity contribution in [2.24, 2.45) is 0 Å². The highest BCUT2D eigenvalue weighted by Crippen LogP contribution is 2.30. The number of aliphatic hydroxyl groups excluding tert-OH is 1. The predicted molar refractivity (Wildman–Crippen MR) is 97.6 cm³/mol. The second-order valence-electron chi connectivity index (χ2n) is 6.58. The molecule has 2 aromatic rings. The van der Waals surface area contributed by atoms with Gasteiger partial charge in [0, 0.05) is 13.0 Å². The van der Waals surface area contributed by atoms with Gasteiger partial charge in [0.2, 0.25) is 5.91 Å². The number of nitrogens with zero attached hydrogens (tertiary/aromatic N) is 1. The van der Waals surface area contributed by atoms with Crippen LogP contribution in [-0.4, -0.2) is 45.6 Å². The Morgan fingerprint density at radius 1 is 1.04 bits per heavy atom. The molecular weight excluding hydrogens is 332 g/mol. The van der Waals surface area contributed by atoms with Crippen LogP contribution in [0, 0.1) is 0 Å². The summed E-state index contributed by atoms with van der Waals surface area (Å²) in [4.78, 5) is 26.6. The van der Waals surface area contributed by atoms with Crippen LogP contribution in [0.2, 0.25) is 0 Å². The first-order chi connectivity index (χ1) is 12.5. The molecule has 2 aliphatic heterocycles. The molecule has 6 nitrogen and oxygen atoms in total. The normalized spacial score (nSPS) is 22.1. The number of anilines is 1. The third-order valence-electron chi connectivity index (χ3n) is 4.74. The molecule has 0 aliphatic carbocycles. The molecule has 0 spiro atoms. The van der Waals surface area contributed by atoms with Crippen molar-refractivity contribution in [1.29, 1.82) is 0 Å². The first-order valence-electron chi connectivity index (χ1n) is 8.42. The lowest BCUT2D eigenvalue weighted by Gasteiger charge is -2.19. The van der Waals surface area contributed by atoms with Gasteiger partial charge in [-0.05, 0) is 35.4 Å². The van der Waals surface area contributed by atoms with Gasteiger partial charge in [0.1, 0.15) is 11.8 Å². The van der Waals surface area contributed by atoms with E-state index in [1.807, 2.05) is 18.2 Å². The van der Waals surface area contributed by atoms with Gasteiger partial charge in [-0.25, -0.2) is 0 Å². The molecule has 132 valence electrons. The molecule has 0 saturated carbocycles. The quantitative estimate of drug-likeness (QED) is 0.724. The number of benzene rings is 2. The highest BCUT2D eigenvalue weighted by Gasteiger charge is 2.42. The smallest absolute Gasteiger partial charge is 0.256 e. The van der Waals surface area contributed by atoms with Gasteiger partial charge in [0.15, 0.2) is 0 Å². The largest absolute Gasteiger partial charge is 0.508 e. The van der Waals surface area contributed by atoms with Gasteiger partial charge in [0.05, 0.1) is 17.4 Å². The van der Waals surface area contributed by atoms with E-state index in [9.17, 15) is 19.8 Å². The monoisotopic (exact) mass is 350 g/mol. The molecule has 2 aromatic carbocycles. The Kier molecular flexibility index (Phi) is 3.97. The number of phenolic OH excluding ortho intramolecular Hbond substituents is 1. The van der Waals surface area contributed by atoms with Crippen molar-refractivity contribution in [2.75, 3.05) is 11.9 Å². The SMILES string of the molecule is O=C1Nc2ccc(C=Cc3ccc(O)cc3)cc2C(=O)N2C[C@H](O)C[C@@H]12. The molecule has 0 aromatic heterocycles. The molecule has 26 heavy (non-hydrogen) atoms. The molecule has 0 unspecified atom stereocenters. The molecular formula is C20H18N2O4. The van der Waals surface area contributed by atoms with E-state index in [0.29, 0.717) is 11.3 Å². The first-order valence-corrected chi connectivity index (χ1v) is 8.42. The highest BCUT2D eigenvalue weighted by molar-refractivity contribution is 6.10. The van der Waals surface area contributed by atoms with E-state index >= 15 is 0 Å². The Hall–Kier alpha value is -3.12. The van der Waals surface area contributed by atoms with Crippen molar-refractivity contribution in [3.05, 3.63) is 59.2 Å². The van der Waals surface area contributed by atoms with Gasteiger partial charge >= 0.3 is 0 Å². The van der Waals surface area contributed by atoms with Crippen LogP contribution in [0.5, 0.6) is 5.75 Å². The Balaban J connectivity index is 1.65. The van der Waals surface area contributed by atoms with Crippen LogP contribution >= 0.6 is 0 Å². The van der Waals surface area contributed by atoms with E-state index in [2.05, 4.69) is 5.32 Å². The van der Waals surface area contributed by atoms with E-state index in [1.54, 1.807) is 36.4 Å². The third kappa shape index (κ3) is 2.95. The van der Waals surface area contributed by atoms with E-state index in [0.717, 1.165) is 11.1 Å². The van der Waals surface area contributed by atoms with Crippen molar-refractivity contribution >= 4 is 29.7 Å². The zero-order chi connectivity index (χ0) is 18.3. The topological polar surface area (TPSA) is 89.9 Å². The maximum absolute atomic E-state index is 12.8. The number of amides is 2. The average Bonchev–Trinajstić information content (AvgIpc) is 2.99. The highest BCUT2D eigenvalue weighted by atomic mass is 16.3. The summed E-state index contributed by atoms with van der Waals surface area (Å²) in [5, 5.41) is 21.9. The number of phenols is 1. The molecule has 2 amide bonds. The van der Waals surface area contributed by atoms with E-state index in [-0.39, 0.29) is 30.5 Å². The molecule has 0 radical (unpaired) electrons. The van der Waals surface area contributed by atoms with Crippen LogP contribution in [0.1, 0.15) is 27.9 Å². The molecule has 2 aliphatic rings. The molecule has 3 N–H and O–H groups in total. The molecule has 2 heterocycles. The van der Waals surface area contributed by atoms with E-state index < -0.39 is 12.1 Å². The fourth-order valence-corrected chi connectivity index (χ4v) is 3.39. The minimum atomic E-state index is -0.672. The predicted octanol–water partition coefficient (Wildman–Crippen LogP) is 2.09. The van der Waals surface area contributed by atoms with Crippen molar-refractivity contribution in [2.45, 2.75) is 18.6 Å². The molecule has 0 bridgehead atoms. The molecule has 1 saturated heterocycles. The number of aliphatic hydroxyl groups is 1. The van der Waals surface area contributed by atoms with E-state index in [1.165, 1.54) is 4.90 Å². The number of rotatable bonds is 2. The summed E-state index contributed by atoms with van der Waals surface area (Å²) in [6.45, 7) is 0.171. The summed E-state index contributed by atoms with van der Waals surface area (Å²) in [7, 11) is 0. The summed E-state index contributed by atoms with van der Waals surface area (Å²) in [6.07, 6.45) is 3.33. The van der Waals surface area contributed by atoms with Gasteiger partial charge < -0.3 is 20.4 Å². The maximum Gasteiger partial charge on any atom is 0.256 e. The Morgan fingerprint density at radius 2 is 1.73 bits per heavy atom. The second-order valence-corrected chi connectivity index (χ2v) is 6.58.